The Morgan fingerprint density at radius 2 is 2.06 bits per heavy atom. The van der Waals surface area contributed by atoms with Gasteiger partial charge in [-0.15, -0.1) is 0 Å². The Labute approximate surface area is 105 Å². The molecule has 0 aromatic heterocycles. The molecule has 3 heteroatoms. The highest BCUT2D eigenvalue weighted by molar-refractivity contribution is 5.60. The molecule has 2 aromatic carbocycles. The number of halogens is 1. The van der Waals surface area contributed by atoms with E-state index < -0.39 is 0 Å². The molecule has 0 spiro atoms. The van der Waals surface area contributed by atoms with Crippen LogP contribution in [0.5, 0.6) is 0 Å². The van der Waals surface area contributed by atoms with Crippen LogP contribution in [0.3, 0.4) is 0 Å². The lowest BCUT2D eigenvalue weighted by Crippen LogP contribution is -2.07. The number of rotatable bonds is 1. The average Bonchev–Trinajstić information content (AvgIpc) is 2.81. The van der Waals surface area contributed by atoms with Crippen LogP contribution in [-0.2, 0) is 6.42 Å². The summed E-state index contributed by atoms with van der Waals surface area (Å²) in [6.45, 7) is 0. The molecule has 0 radical (unpaired) electrons. The first-order valence-electron chi connectivity index (χ1n) is 5.82. The lowest BCUT2D eigenvalue weighted by atomic mass is 10.0. The van der Waals surface area contributed by atoms with E-state index >= 15 is 0 Å². The molecule has 3 rings (SSSR count). The third-order valence-corrected chi connectivity index (χ3v) is 3.27. The largest absolute Gasteiger partial charge is 0.378 e. The second-order valence-electron chi connectivity index (χ2n) is 4.41. The summed E-state index contributed by atoms with van der Waals surface area (Å²) >= 11 is 0. The number of nitriles is 1. The van der Waals surface area contributed by atoms with Crippen LogP contribution in [0.1, 0.15) is 22.7 Å². The van der Waals surface area contributed by atoms with E-state index in [9.17, 15) is 4.39 Å². The Morgan fingerprint density at radius 1 is 1.22 bits per heavy atom. The molecule has 0 aliphatic carbocycles. The summed E-state index contributed by atoms with van der Waals surface area (Å²) in [7, 11) is 0. The molecule has 1 aliphatic heterocycles. The molecule has 1 atom stereocenters. The number of anilines is 1. The van der Waals surface area contributed by atoms with Crippen molar-refractivity contribution in [1.82, 2.24) is 0 Å². The van der Waals surface area contributed by atoms with Gasteiger partial charge < -0.3 is 5.32 Å². The van der Waals surface area contributed by atoms with Gasteiger partial charge in [0.05, 0.1) is 17.7 Å². The lowest BCUT2D eigenvalue weighted by Gasteiger charge is -2.12. The number of benzene rings is 2. The maximum absolute atomic E-state index is 13.7. The van der Waals surface area contributed by atoms with Gasteiger partial charge in [0.15, 0.2) is 0 Å². The summed E-state index contributed by atoms with van der Waals surface area (Å²) in [5.74, 6) is -0.191. The SMILES string of the molecule is N#Cc1ccc2c(c1)CC(c1ccccc1F)N2. The molecule has 18 heavy (non-hydrogen) atoms. The highest BCUT2D eigenvalue weighted by Gasteiger charge is 2.24. The summed E-state index contributed by atoms with van der Waals surface area (Å²) in [5.41, 5.74) is 3.38. The predicted octanol–water partition coefficient (Wildman–Crippen LogP) is 3.41. The maximum atomic E-state index is 13.7. The van der Waals surface area contributed by atoms with Gasteiger partial charge in [-0.05, 0) is 36.2 Å². The zero-order valence-electron chi connectivity index (χ0n) is 9.65. The minimum atomic E-state index is -0.191. The summed E-state index contributed by atoms with van der Waals surface area (Å²) in [4.78, 5) is 0. The van der Waals surface area contributed by atoms with Crippen molar-refractivity contribution in [3.63, 3.8) is 0 Å². The zero-order chi connectivity index (χ0) is 12.5. The summed E-state index contributed by atoms with van der Waals surface area (Å²) in [6.07, 6.45) is 0.714. The minimum absolute atomic E-state index is 0.0462. The highest BCUT2D eigenvalue weighted by Crippen LogP contribution is 2.35. The van der Waals surface area contributed by atoms with Crippen LogP contribution in [0.15, 0.2) is 42.5 Å². The number of nitrogens with zero attached hydrogens (tertiary/aromatic N) is 1. The van der Waals surface area contributed by atoms with Gasteiger partial charge >= 0.3 is 0 Å². The van der Waals surface area contributed by atoms with E-state index in [-0.39, 0.29) is 11.9 Å². The van der Waals surface area contributed by atoms with Crippen molar-refractivity contribution < 1.29 is 4.39 Å². The van der Waals surface area contributed by atoms with Gasteiger partial charge in [0, 0.05) is 11.3 Å². The summed E-state index contributed by atoms with van der Waals surface area (Å²) in [5, 5.41) is 12.2. The Kier molecular flexibility index (Phi) is 2.49. The van der Waals surface area contributed by atoms with E-state index in [1.807, 2.05) is 18.2 Å². The van der Waals surface area contributed by atoms with Crippen LogP contribution in [0.2, 0.25) is 0 Å². The van der Waals surface area contributed by atoms with Crippen molar-refractivity contribution in [1.29, 1.82) is 5.26 Å². The van der Waals surface area contributed by atoms with E-state index in [4.69, 9.17) is 5.26 Å². The van der Waals surface area contributed by atoms with Gasteiger partial charge in [0.25, 0.3) is 0 Å². The minimum Gasteiger partial charge on any atom is -0.378 e. The molecule has 2 aromatic rings. The van der Waals surface area contributed by atoms with E-state index in [2.05, 4.69) is 11.4 Å². The van der Waals surface area contributed by atoms with E-state index in [0.717, 1.165) is 11.3 Å². The van der Waals surface area contributed by atoms with Gasteiger partial charge in [-0.1, -0.05) is 18.2 Å². The molecule has 0 saturated heterocycles. The van der Waals surface area contributed by atoms with E-state index in [0.29, 0.717) is 17.5 Å². The monoisotopic (exact) mass is 238 g/mol. The topological polar surface area (TPSA) is 35.8 Å². The predicted molar refractivity (Wildman–Crippen MR) is 67.6 cm³/mol. The van der Waals surface area contributed by atoms with Crippen LogP contribution in [0, 0.1) is 17.1 Å². The molecule has 0 saturated carbocycles. The van der Waals surface area contributed by atoms with Crippen molar-refractivity contribution in [2.24, 2.45) is 0 Å². The quantitative estimate of drug-likeness (QED) is 0.826. The third-order valence-electron chi connectivity index (χ3n) is 3.27. The van der Waals surface area contributed by atoms with Crippen LogP contribution in [-0.4, -0.2) is 0 Å². The smallest absolute Gasteiger partial charge is 0.128 e. The fourth-order valence-electron chi connectivity index (χ4n) is 2.38. The van der Waals surface area contributed by atoms with Gasteiger partial charge in [0.1, 0.15) is 5.82 Å². The standard InChI is InChI=1S/C15H11FN2/c16-13-4-2-1-3-12(13)15-8-11-7-10(9-17)5-6-14(11)18-15/h1-7,15,18H,8H2. The number of fused-ring (bicyclic) bond motifs is 1. The zero-order valence-corrected chi connectivity index (χ0v) is 9.65. The molecule has 2 nitrogen and oxygen atoms in total. The average molecular weight is 238 g/mol. The first-order chi connectivity index (χ1) is 8.78. The van der Waals surface area contributed by atoms with Crippen LogP contribution >= 0.6 is 0 Å². The Hall–Kier alpha value is -2.34. The lowest BCUT2D eigenvalue weighted by molar-refractivity contribution is 0.595. The molecule has 0 amide bonds. The van der Waals surface area contributed by atoms with Crippen LogP contribution in [0.25, 0.3) is 0 Å². The molecule has 1 unspecified atom stereocenters. The van der Waals surface area contributed by atoms with Gasteiger partial charge in [-0.2, -0.15) is 5.26 Å². The van der Waals surface area contributed by atoms with E-state index in [1.165, 1.54) is 6.07 Å². The fraction of sp³-hybridized carbons (Fsp3) is 0.133. The van der Waals surface area contributed by atoms with Gasteiger partial charge in [-0.25, -0.2) is 4.39 Å². The van der Waals surface area contributed by atoms with Crippen molar-refractivity contribution in [2.75, 3.05) is 5.32 Å². The molecule has 88 valence electrons. The first kappa shape index (κ1) is 10.8. The molecule has 0 fully saturated rings. The molecule has 1 aliphatic rings. The van der Waals surface area contributed by atoms with Gasteiger partial charge in [0.2, 0.25) is 0 Å². The Balaban J connectivity index is 1.94. The summed E-state index contributed by atoms with van der Waals surface area (Å²) in [6, 6.07) is 14.4. The van der Waals surface area contributed by atoms with Crippen LogP contribution < -0.4 is 5.32 Å². The molecular weight excluding hydrogens is 227 g/mol. The fourth-order valence-corrected chi connectivity index (χ4v) is 2.38. The number of hydrogen-bond acceptors (Lipinski definition) is 2. The van der Waals surface area contributed by atoms with Gasteiger partial charge in [-0.3, -0.25) is 0 Å². The highest BCUT2D eigenvalue weighted by atomic mass is 19.1. The normalized spacial score (nSPS) is 16.8. The maximum Gasteiger partial charge on any atom is 0.128 e. The summed E-state index contributed by atoms with van der Waals surface area (Å²) < 4.78 is 13.7. The molecule has 1 N–H and O–H groups in total. The molecule has 0 bridgehead atoms. The number of nitrogens with one attached hydrogen (secondary N) is 1. The second kappa shape index (κ2) is 4.15. The van der Waals surface area contributed by atoms with Crippen molar-refractivity contribution in [3.05, 3.63) is 65.0 Å². The van der Waals surface area contributed by atoms with Crippen molar-refractivity contribution in [2.45, 2.75) is 12.5 Å². The third kappa shape index (κ3) is 1.72. The van der Waals surface area contributed by atoms with Crippen molar-refractivity contribution >= 4 is 5.69 Å². The molecule has 1 heterocycles. The Morgan fingerprint density at radius 3 is 2.83 bits per heavy atom. The second-order valence-corrected chi connectivity index (χ2v) is 4.41. The van der Waals surface area contributed by atoms with Crippen LogP contribution in [0.4, 0.5) is 10.1 Å². The molecular formula is C15H11FN2. The number of hydrogen-bond donors (Lipinski definition) is 1. The van der Waals surface area contributed by atoms with Crippen molar-refractivity contribution in [3.8, 4) is 6.07 Å². The van der Waals surface area contributed by atoms with E-state index in [1.54, 1.807) is 18.2 Å². The first-order valence-corrected chi connectivity index (χ1v) is 5.82. The Bertz CT molecular complexity index is 643.